The first-order chi connectivity index (χ1) is 23.0. The van der Waals surface area contributed by atoms with Crippen LogP contribution in [0.4, 0.5) is 17.3 Å². The number of esters is 1. The lowest BCUT2D eigenvalue weighted by atomic mass is 9.89. The third-order valence-corrected chi connectivity index (χ3v) is 7.89. The van der Waals surface area contributed by atoms with Gasteiger partial charge >= 0.3 is 5.97 Å². The first-order valence-corrected chi connectivity index (χ1v) is 15.9. The summed E-state index contributed by atoms with van der Waals surface area (Å²) in [6, 6.07) is 19.1. The van der Waals surface area contributed by atoms with Crippen molar-refractivity contribution in [2.45, 2.75) is 59.7 Å². The Morgan fingerprint density at radius 3 is 2.38 bits per heavy atom. The van der Waals surface area contributed by atoms with Crippen LogP contribution in [0.3, 0.4) is 0 Å². The summed E-state index contributed by atoms with van der Waals surface area (Å²) >= 11 is 0. The number of piperidine rings is 1. The maximum absolute atomic E-state index is 13.0. The van der Waals surface area contributed by atoms with Gasteiger partial charge < -0.3 is 25.0 Å². The molecule has 0 spiro atoms. The second kappa shape index (κ2) is 16.6. The van der Waals surface area contributed by atoms with E-state index in [0.29, 0.717) is 17.4 Å². The average molecular weight is 653 g/mol. The largest absolute Gasteiger partial charge is 0.436 e. The van der Waals surface area contributed by atoms with Crippen molar-refractivity contribution in [3.8, 4) is 11.3 Å². The summed E-state index contributed by atoms with van der Waals surface area (Å²) in [6.45, 7) is 10.6. The molecule has 1 unspecified atom stereocenters. The van der Waals surface area contributed by atoms with Crippen molar-refractivity contribution in [2.75, 3.05) is 30.8 Å². The molecule has 0 radical (unpaired) electrons. The van der Waals surface area contributed by atoms with Crippen LogP contribution in [0.5, 0.6) is 0 Å². The molecule has 1 aliphatic rings. The molecule has 2 aromatic heterocycles. The third-order valence-electron chi connectivity index (χ3n) is 7.89. The molecule has 2 N–H and O–H groups in total. The molecule has 1 atom stereocenters. The number of nitrogens with zero attached hydrogens (tertiary/aromatic N) is 4. The summed E-state index contributed by atoms with van der Waals surface area (Å²) in [5, 5.41) is 6.23. The molecule has 5 rings (SSSR count). The summed E-state index contributed by atoms with van der Waals surface area (Å²) in [7, 11) is 1.50. The van der Waals surface area contributed by atoms with E-state index in [2.05, 4.69) is 37.7 Å². The fourth-order valence-corrected chi connectivity index (χ4v) is 4.87. The third kappa shape index (κ3) is 10.2. The van der Waals surface area contributed by atoms with E-state index in [1.165, 1.54) is 12.7 Å². The van der Waals surface area contributed by atoms with E-state index >= 15 is 0 Å². The zero-order valence-electron chi connectivity index (χ0n) is 28.4. The molecule has 1 aliphatic heterocycles. The van der Waals surface area contributed by atoms with Gasteiger partial charge in [-0.15, -0.1) is 0 Å². The van der Waals surface area contributed by atoms with Crippen LogP contribution < -0.4 is 10.6 Å². The number of amides is 2. The molecule has 2 amide bonds. The van der Waals surface area contributed by atoms with Gasteiger partial charge in [0.1, 0.15) is 0 Å². The Kier molecular flexibility index (Phi) is 12.3. The quantitative estimate of drug-likeness (QED) is 0.114. The Hall–Kier alpha value is -5.16. The lowest BCUT2D eigenvalue weighted by Gasteiger charge is -2.29. The number of pyridine rings is 1. The van der Waals surface area contributed by atoms with Crippen LogP contribution in [0.25, 0.3) is 11.3 Å². The number of aromatic nitrogens is 3. The van der Waals surface area contributed by atoms with E-state index in [9.17, 15) is 14.4 Å². The van der Waals surface area contributed by atoms with Gasteiger partial charge in [-0.1, -0.05) is 18.2 Å². The highest BCUT2D eigenvalue weighted by Crippen LogP contribution is 2.29. The monoisotopic (exact) mass is 652 g/mol. The Bertz CT molecular complexity index is 1670. The van der Waals surface area contributed by atoms with Gasteiger partial charge in [0.25, 0.3) is 5.91 Å². The van der Waals surface area contributed by atoms with Crippen LogP contribution in [0.15, 0.2) is 79.3 Å². The number of carbonyl (C=O) groups is 3. The minimum Gasteiger partial charge on any atom is -0.436 e. The standard InChI is InChI=1S/C29H28N6O2.C8H16O3/c1-20-4-5-23(17-27(20)34-29-31-14-10-26(33-29)24-3-2-13-30-18-24)28(37)32-25-8-6-21(7-9-25)22-11-15-35(19-36)16-12-22;1-6(10-5)11-7(9)8(2,3)4/h2-10,13-14,17-19,22H,11-12,15-16H2,1H3,(H,32,37)(H,31,33,34);6H,1-5H3. The van der Waals surface area contributed by atoms with Gasteiger partial charge in [0, 0.05) is 61.3 Å². The highest BCUT2D eigenvalue weighted by molar-refractivity contribution is 6.05. The topological polar surface area (TPSA) is 136 Å². The van der Waals surface area contributed by atoms with Crippen molar-refractivity contribution in [1.82, 2.24) is 19.9 Å². The van der Waals surface area contributed by atoms with Crippen LogP contribution in [0.1, 0.15) is 67.9 Å². The van der Waals surface area contributed by atoms with Crippen LogP contribution in [-0.4, -0.2) is 64.6 Å². The van der Waals surface area contributed by atoms with E-state index in [4.69, 9.17) is 9.47 Å². The zero-order chi connectivity index (χ0) is 34.7. The number of anilines is 3. The smallest absolute Gasteiger partial charge is 0.313 e. The number of aryl methyl sites for hydroxylation is 1. The van der Waals surface area contributed by atoms with E-state index in [0.717, 1.165) is 60.5 Å². The Balaban J connectivity index is 0.000000408. The number of hydrogen-bond acceptors (Lipinski definition) is 9. The van der Waals surface area contributed by atoms with Gasteiger partial charge in [0.05, 0.1) is 11.1 Å². The summed E-state index contributed by atoms with van der Waals surface area (Å²) in [5.74, 6) is 0.439. The zero-order valence-corrected chi connectivity index (χ0v) is 28.4. The Labute approximate surface area is 282 Å². The molecule has 11 heteroatoms. The van der Waals surface area contributed by atoms with Crippen LogP contribution in [0.2, 0.25) is 0 Å². The predicted octanol–water partition coefficient (Wildman–Crippen LogP) is 6.75. The van der Waals surface area contributed by atoms with Crippen molar-refractivity contribution < 1.29 is 23.9 Å². The Morgan fingerprint density at radius 1 is 1.02 bits per heavy atom. The summed E-state index contributed by atoms with van der Waals surface area (Å²) in [6.07, 6.45) is 7.55. The number of carbonyl (C=O) groups excluding carboxylic acids is 3. The molecule has 1 saturated heterocycles. The Morgan fingerprint density at radius 2 is 1.75 bits per heavy atom. The van der Waals surface area contributed by atoms with Crippen molar-refractivity contribution >= 4 is 35.6 Å². The minimum atomic E-state index is -0.457. The molecule has 0 aliphatic carbocycles. The maximum atomic E-state index is 13.0. The van der Waals surface area contributed by atoms with Crippen molar-refractivity contribution in [2.24, 2.45) is 5.41 Å². The van der Waals surface area contributed by atoms with Crippen LogP contribution in [0, 0.1) is 12.3 Å². The second-order valence-corrected chi connectivity index (χ2v) is 12.6. The molecular formula is C37H44N6O5. The number of benzene rings is 2. The number of likely N-dealkylation sites (tertiary alicyclic amines) is 1. The number of rotatable bonds is 9. The molecule has 48 heavy (non-hydrogen) atoms. The molecule has 1 fully saturated rings. The van der Waals surface area contributed by atoms with E-state index in [1.54, 1.807) is 58.4 Å². The molecular weight excluding hydrogens is 608 g/mol. The van der Waals surface area contributed by atoms with Gasteiger partial charge in [-0.2, -0.15) is 0 Å². The van der Waals surface area contributed by atoms with Crippen molar-refractivity contribution in [3.63, 3.8) is 0 Å². The maximum Gasteiger partial charge on any atom is 0.313 e. The minimum absolute atomic E-state index is 0.194. The lowest BCUT2D eigenvalue weighted by Crippen LogP contribution is -2.31. The average Bonchev–Trinajstić information content (AvgIpc) is 3.10. The highest BCUT2D eigenvalue weighted by Gasteiger charge is 2.24. The predicted molar refractivity (Wildman–Crippen MR) is 186 cm³/mol. The van der Waals surface area contributed by atoms with E-state index in [-0.39, 0.29) is 11.9 Å². The van der Waals surface area contributed by atoms with Crippen LogP contribution >= 0.6 is 0 Å². The fourth-order valence-electron chi connectivity index (χ4n) is 4.87. The molecule has 2 aromatic carbocycles. The number of ether oxygens (including phenoxy) is 2. The highest BCUT2D eigenvalue weighted by atomic mass is 16.7. The lowest BCUT2D eigenvalue weighted by molar-refractivity contribution is -0.179. The fraction of sp³-hybridized carbons (Fsp3) is 0.351. The second-order valence-electron chi connectivity index (χ2n) is 12.6. The molecule has 3 heterocycles. The number of nitrogens with one attached hydrogen (secondary N) is 2. The first kappa shape index (κ1) is 35.7. The van der Waals surface area contributed by atoms with Crippen molar-refractivity contribution in [1.29, 1.82) is 0 Å². The summed E-state index contributed by atoms with van der Waals surface area (Å²) in [5.41, 5.74) is 5.43. The first-order valence-electron chi connectivity index (χ1n) is 15.9. The van der Waals surface area contributed by atoms with Gasteiger partial charge in [-0.05, 0) is 107 Å². The van der Waals surface area contributed by atoms with Gasteiger partial charge in [-0.25, -0.2) is 9.97 Å². The molecule has 252 valence electrons. The molecule has 11 nitrogen and oxygen atoms in total. The van der Waals surface area contributed by atoms with E-state index in [1.807, 2.05) is 48.2 Å². The molecule has 0 saturated carbocycles. The van der Waals surface area contributed by atoms with Gasteiger partial charge in [0.15, 0.2) is 6.29 Å². The summed E-state index contributed by atoms with van der Waals surface area (Å²) in [4.78, 5) is 50.0. The van der Waals surface area contributed by atoms with E-state index < -0.39 is 11.7 Å². The number of methoxy groups -OCH3 is 1. The number of hydrogen-bond donors (Lipinski definition) is 2. The normalized spacial score (nSPS) is 13.8. The van der Waals surface area contributed by atoms with Gasteiger partial charge in [-0.3, -0.25) is 19.4 Å². The SMILES string of the molecule is COC(C)OC(=O)C(C)(C)C.Cc1ccc(C(=O)Nc2ccc(C3CCN(C=O)CC3)cc2)cc1Nc1nccc(-c2cccnc2)n1. The van der Waals surface area contributed by atoms with Gasteiger partial charge in [0.2, 0.25) is 12.4 Å². The summed E-state index contributed by atoms with van der Waals surface area (Å²) < 4.78 is 9.68. The molecule has 4 aromatic rings. The molecule has 0 bridgehead atoms. The van der Waals surface area contributed by atoms with Crippen molar-refractivity contribution in [3.05, 3.63) is 95.9 Å². The van der Waals surface area contributed by atoms with Crippen LogP contribution in [-0.2, 0) is 19.1 Å².